The van der Waals surface area contributed by atoms with Crippen molar-refractivity contribution in [1.29, 1.82) is 0 Å². The second-order valence-electron chi connectivity index (χ2n) is 38.1. The van der Waals surface area contributed by atoms with Gasteiger partial charge >= 0.3 is 18.2 Å². The second-order valence-corrected chi connectivity index (χ2v) is 42.9. The van der Waals surface area contributed by atoms with Crippen molar-refractivity contribution in [2.75, 3.05) is 34.3 Å². The standard InChI is InChI=1S/C91H126N16O17Si/c1-54(103(19)85(118)122-89(10,11)12)76(109)97-74(87(4,5)6)82(115)105-50-63(99-101-92)48-72(105)80(113)94-69(45-57-29-25-24-26-30-57)79(112)96-71(84(117)120-21)46-59-34-39-66(40-35-59)121-53-64-51-107(102-100-64)65-49-73(106(52-65)83(116)75(88(7,8)9)98-77(110)55(2)104(20)86(119)123-90(13,14)15)81(114)95-70(47-60-33-38-61-31-27-28-32-62(61)43-60)78(111)93-68(56(3)108)44-58-36-41-67(42-37-58)124-125(22,23)91(16,17)18/h24-43,51,54-55,63,65,68-75H,44-50,52-53H2,1-23H3,(H,93,111)(H,94,113)(H,95,114)(H,96,112)(H,97,109)(H,98,110)/t54?,55?,63-,65-,68-,69-,70-,71-,72-,73?,74?,75+/m0/s1. The van der Waals surface area contributed by atoms with Crippen molar-refractivity contribution in [3.63, 3.8) is 0 Å². The van der Waals surface area contributed by atoms with E-state index in [2.05, 4.69) is 86.1 Å². The van der Waals surface area contributed by atoms with Crippen molar-refractivity contribution in [2.24, 2.45) is 15.9 Å². The Morgan fingerprint density at radius 2 is 0.976 bits per heavy atom. The Labute approximate surface area is 733 Å². The molecular formula is C91H126N16O17Si. The quantitative estimate of drug-likeness (QED) is 0.00557. The maximum absolute atomic E-state index is 15.6. The third-order valence-corrected chi connectivity index (χ3v) is 27.0. The van der Waals surface area contributed by atoms with Crippen LogP contribution >= 0.6 is 0 Å². The smallest absolute Gasteiger partial charge is 0.410 e. The summed E-state index contributed by atoms with van der Waals surface area (Å²) in [4.78, 5) is 180. The number of carbonyl (C=O) groups is 12. The average Bonchev–Trinajstić information content (AvgIpc) is 1.65. The maximum atomic E-state index is 15.6. The number of ether oxygens (including phenoxy) is 4. The lowest BCUT2D eigenvalue weighted by Gasteiger charge is -2.37. The first kappa shape index (κ1) is 98.5. The number of esters is 1. The summed E-state index contributed by atoms with van der Waals surface area (Å²) < 4.78 is 30.5. The highest BCUT2D eigenvalue weighted by molar-refractivity contribution is 6.74. The molecule has 6 aromatic rings. The van der Waals surface area contributed by atoms with E-state index in [1.165, 1.54) is 49.3 Å². The van der Waals surface area contributed by atoms with Crippen molar-refractivity contribution < 1.29 is 80.9 Å². The number of likely N-dealkylation sites (N-methyl/N-ethyl adjacent to an activating group) is 2. The van der Waals surface area contributed by atoms with Crippen LogP contribution in [0.15, 0.2) is 133 Å². The maximum Gasteiger partial charge on any atom is 0.410 e. The van der Waals surface area contributed by atoms with E-state index in [-0.39, 0.29) is 69.0 Å². The van der Waals surface area contributed by atoms with Gasteiger partial charge in [-0.1, -0.05) is 170 Å². The van der Waals surface area contributed by atoms with Crippen LogP contribution in [-0.4, -0.2) is 226 Å². The van der Waals surface area contributed by atoms with E-state index in [0.717, 1.165) is 33.2 Å². The number of ketones is 1. The van der Waals surface area contributed by atoms with E-state index in [4.69, 9.17) is 23.4 Å². The van der Waals surface area contributed by atoms with E-state index < -0.39 is 168 Å². The molecule has 10 amide bonds. The number of likely N-dealkylation sites (tertiary alicyclic amines) is 2. The zero-order valence-electron chi connectivity index (χ0n) is 76.3. The number of nitrogens with zero attached hydrogens (tertiary/aromatic N) is 10. The summed E-state index contributed by atoms with van der Waals surface area (Å²) in [6, 6.07) is 22.0. The van der Waals surface area contributed by atoms with Gasteiger partial charge in [-0.3, -0.25) is 53.0 Å². The van der Waals surface area contributed by atoms with Crippen LogP contribution in [0.3, 0.4) is 0 Å². The minimum atomic E-state index is -2.19. The van der Waals surface area contributed by atoms with Gasteiger partial charge in [-0.15, -0.1) is 5.10 Å². The minimum Gasteiger partial charge on any atom is -0.544 e. The van der Waals surface area contributed by atoms with Crippen molar-refractivity contribution in [1.82, 2.24) is 66.5 Å². The van der Waals surface area contributed by atoms with Crippen molar-refractivity contribution in [3.8, 4) is 11.5 Å². The number of hydrogen-bond acceptors (Lipinski definition) is 20. The molecule has 2 aliphatic heterocycles. The third kappa shape index (κ3) is 27.3. The number of aromatic nitrogens is 3. The fourth-order valence-corrected chi connectivity index (χ4v) is 15.1. The first-order chi connectivity index (χ1) is 58.2. The van der Waals surface area contributed by atoms with Crippen molar-refractivity contribution in [3.05, 3.63) is 166 Å². The van der Waals surface area contributed by atoms with Gasteiger partial charge in [-0.05, 0) is 167 Å². The van der Waals surface area contributed by atoms with Crippen LogP contribution < -0.4 is 41.1 Å². The van der Waals surface area contributed by atoms with Crippen molar-refractivity contribution >= 4 is 90.3 Å². The Bertz CT molecular complexity index is 4910. The molecule has 0 bridgehead atoms. The number of fused-ring (bicyclic) bond motifs is 1. The molecule has 4 unspecified atom stereocenters. The molecule has 125 heavy (non-hydrogen) atoms. The number of methoxy groups -OCH3 is 1. The predicted octanol–water partition coefficient (Wildman–Crippen LogP) is 10.4. The summed E-state index contributed by atoms with van der Waals surface area (Å²) in [5.41, 5.74) is 8.75. The number of azide groups is 1. The van der Waals surface area contributed by atoms with Gasteiger partial charge < -0.3 is 65.1 Å². The van der Waals surface area contributed by atoms with Crippen LogP contribution in [0.2, 0.25) is 18.1 Å². The van der Waals surface area contributed by atoms with Crippen LogP contribution in [-0.2, 0) is 94.4 Å². The Morgan fingerprint density at radius 1 is 0.536 bits per heavy atom. The summed E-state index contributed by atoms with van der Waals surface area (Å²) >= 11 is 0. The Balaban J connectivity index is 1.01. The lowest BCUT2D eigenvalue weighted by Crippen LogP contribution is -2.61. The Kier molecular flexibility index (Phi) is 32.5. The molecule has 2 fully saturated rings. The number of benzene rings is 5. The molecule has 6 N–H and O–H groups in total. The van der Waals surface area contributed by atoms with Gasteiger partial charge in [-0.25, -0.2) is 19.1 Å². The molecular weight excluding hydrogens is 1620 g/mol. The van der Waals surface area contributed by atoms with Crippen LogP contribution in [0, 0.1) is 10.8 Å². The summed E-state index contributed by atoms with van der Waals surface area (Å²) in [5.74, 6) is -5.80. The Hall–Kier alpha value is -11.9. The van der Waals surface area contributed by atoms with Gasteiger partial charge in [0.2, 0.25) is 55.6 Å². The second kappa shape index (κ2) is 41.3. The SMILES string of the molecule is COC(=O)[C@H](Cc1ccc(OCc2cn([C@H]3CC(C(=O)N[C@@H](Cc4ccc5ccccc5c4)C(=O)N[C@@H](Cc4ccc(O[Si](C)(C)C(C)(C)C)cc4)C(C)=O)N(C(=O)[C@@H](NC(=O)C(C)N(C)C(=O)OC(C)(C)C)C(C)(C)C)C3)nn2)cc1)NC(=O)[C@H](Cc1ccccc1)NC(=O)[C@@H]1C[C@H](N=[N+]=[N-])CN1C(=O)C(NC(=O)C(C)N(C)C(=O)OC(C)(C)C)C(C)(C)C. The highest BCUT2D eigenvalue weighted by atomic mass is 28.4. The normalized spacial score (nSPS) is 17.5. The minimum absolute atomic E-state index is 0.0359. The molecule has 2 saturated heterocycles. The fraction of sp³-hybridized carbons (Fsp3) is 0.538. The molecule has 2 aliphatic rings. The van der Waals surface area contributed by atoms with E-state index in [9.17, 15) is 48.7 Å². The van der Waals surface area contributed by atoms with Crippen LogP contribution in [0.4, 0.5) is 9.59 Å². The van der Waals surface area contributed by atoms with Crippen LogP contribution in [0.1, 0.15) is 171 Å². The number of hydrogen-bond donors (Lipinski definition) is 6. The largest absolute Gasteiger partial charge is 0.544 e. The summed E-state index contributed by atoms with van der Waals surface area (Å²) in [6.07, 6.45) is -0.271. The topological polar surface area (TPSA) is 416 Å². The molecule has 676 valence electrons. The number of amides is 10. The molecule has 0 saturated carbocycles. The lowest BCUT2D eigenvalue weighted by atomic mass is 9.85. The van der Waals surface area contributed by atoms with E-state index in [0.29, 0.717) is 33.9 Å². The fourth-order valence-electron chi connectivity index (χ4n) is 14.1. The monoisotopic (exact) mass is 1740 g/mol. The van der Waals surface area contributed by atoms with Crippen LogP contribution in [0.25, 0.3) is 21.2 Å². The summed E-state index contributed by atoms with van der Waals surface area (Å²) in [5, 5.41) is 31.7. The first-order valence-electron chi connectivity index (χ1n) is 42.1. The molecule has 33 nitrogen and oxygen atoms in total. The average molecular weight is 1740 g/mol. The van der Waals surface area contributed by atoms with Gasteiger partial charge in [0.1, 0.15) is 89.4 Å². The third-order valence-electron chi connectivity index (χ3n) is 22.7. The number of Topliss-reactive ketones (excluding diaryl/α,β-unsaturated/α-hetero) is 1. The van der Waals surface area contributed by atoms with E-state index in [1.54, 1.807) is 144 Å². The predicted molar refractivity (Wildman–Crippen MR) is 473 cm³/mol. The first-order valence-corrected chi connectivity index (χ1v) is 45.0. The van der Waals surface area contributed by atoms with Gasteiger partial charge in [-0.2, -0.15) is 0 Å². The molecule has 34 heteroatoms. The highest BCUT2D eigenvalue weighted by Crippen LogP contribution is 2.38. The van der Waals surface area contributed by atoms with Gasteiger partial charge in [0, 0.05) is 57.8 Å². The zero-order valence-corrected chi connectivity index (χ0v) is 77.3. The van der Waals surface area contributed by atoms with E-state index >= 15 is 14.4 Å². The van der Waals surface area contributed by atoms with Gasteiger partial charge in [0.05, 0.1) is 31.4 Å². The molecule has 0 aliphatic carbocycles. The molecule has 1 aromatic heterocycles. The van der Waals surface area contributed by atoms with Crippen molar-refractivity contribution in [2.45, 2.75) is 272 Å². The molecule has 5 aromatic carbocycles. The molecule has 0 spiro atoms. The number of nitrogens with one attached hydrogen (secondary N) is 6. The van der Waals surface area contributed by atoms with E-state index in [1.807, 2.05) is 66.7 Å². The molecule has 12 atom stereocenters. The van der Waals surface area contributed by atoms with Gasteiger partial charge in [0.15, 0.2) is 5.78 Å². The van der Waals surface area contributed by atoms with Gasteiger partial charge in [0.25, 0.3) is 0 Å². The highest BCUT2D eigenvalue weighted by Gasteiger charge is 2.50. The summed E-state index contributed by atoms with van der Waals surface area (Å²) in [7, 11) is 1.76. The number of carbonyl (C=O) groups excluding carboxylic acids is 12. The number of rotatable bonds is 33. The lowest BCUT2D eigenvalue weighted by molar-refractivity contribution is -0.146. The summed E-state index contributed by atoms with van der Waals surface area (Å²) in [6.45, 7) is 35.1. The Morgan fingerprint density at radius 3 is 1.46 bits per heavy atom. The molecule has 3 heterocycles. The zero-order chi connectivity index (χ0) is 92.8. The molecule has 8 rings (SSSR count). The van der Waals surface area contributed by atoms with Crippen LogP contribution in [0.5, 0.6) is 11.5 Å². The molecule has 0 radical (unpaired) electrons.